The Morgan fingerprint density at radius 2 is 1.84 bits per heavy atom. The number of benzene rings is 1. The fourth-order valence-corrected chi connectivity index (χ4v) is 1.80. The number of ether oxygens (including phenoxy) is 2. The standard InChI is InChI=1S/C15H18O4/c1-5-13-7-6-8-14(9-13)15(19-12(4)17)10(2)18-11(3)16/h5-10,15H,1H2,2-4H3. The van der Waals surface area contributed by atoms with Crippen molar-refractivity contribution in [3.63, 3.8) is 0 Å². The van der Waals surface area contributed by atoms with Gasteiger partial charge in [-0.15, -0.1) is 0 Å². The summed E-state index contributed by atoms with van der Waals surface area (Å²) in [5, 5.41) is 0. The second-order valence-electron chi connectivity index (χ2n) is 4.22. The molecule has 0 amide bonds. The smallest absolute Gasteiger partial charge is 0.303 e. The SMILES string of the molecule is C=Cc1cccc(C(OC(C)=O)C(C)OC(C)=O)c1. The van der Waals surface area contributed by atoms with E-state index in [4.69, 9.17) is 9.47 Å². The maximum atomic E-state index is 11.2. The van der Waals surface area contributed by atoms with E-state index in [2.05, 4.69) is 6.58 Å². The first-order valence-corrected chi connectivity index (χ1v) is 6.01. The molecule has 1 aromatic carbocycles. The van der Waals surface area contributed by atoms with Crippen LogP contribution in [0.2, 0.25) is 0 Å². The monoisotopic (exact) mass is 262 g/mol. The summed E-state index contributed by atoms with van der Waals surface area (Å²) in [4.78, 5) is 22.2. The maximum absolute atomic E-state index is 11.2. The van der Waals surface area contributed by atoms with E-state index in [0.717, 1.165) is 11.1 Å². The quantitative estimate of drug-likeness (QED) is 0.766. The summed E-state index contributed by atoms with van der Waals surface area (Å²) in [5.74, 6) is -0.836. The van der Waals surface area contributed by atoms with Gasteiger partial charge in [-0.2, -0.15) is 0 Å². The molecule has 2 unspecified atom stereocenters. The third-order valence-corrected chi connectivity index (χ3v) is 2.55. The highest BCUT2D eigenvalue weighted by Crippen LogP contribution is 2.25. The number of carbonyl (C=O) groups excluding carboxylic acids is 2. The highest BCUT2D eigenvalue weighted by atomic mass is 16.6. The van der Waals surface area contributed by atoms with E-state index >= 15 is 0 Å². The highest BCUT2D eigenvalue weighted by molar-refractivity contribution is 5.67. The van der Waals surface area contributed by atoms with Gasteiger partial charge in [0, 0.05) is 13.8 Å². The summed E-state index contributed by atoms with van der Waals surface area (Å²) in [5.41, 5.74) is 1.67. The van der Waals surface area contributed by atoms with Gasteiger partial charge in [0.1, 0.15) is 6.10 Å². The average Bonchev–Trinajstić information content (AvgIpc) is 2.35. The molecule has 0 saturated carbocycles. The lowest BCUT2D eigenvalue weighted by Gasteiger charge is -2.24. The molecule has 1 rings (SSSR count). The Balaban J connectivity index is 3.03. The molecule has 2 atom stereocenters. The molecule has 19 heavy (non-hydrogen) atoms. The van der Waals surface area contributed by atoms with Gasteiger partial charge >= 0.3 is 11.9 Å². The van der Waals surface area contributed by atoms with Gasteiger partial charge in [0.2, 0.25) is 0 Å². The van der Waals surface area contributed by atoms with Crippen LogP contribution in [0, 0.1) is 0 Å². The minimum absolute atomic E-state index is 0.412. The lowest BCUT2D eigenvalue weighted by Crippen LogP contribution is -2.25. The fourth-order valence-electron chi connectivity index (χ4n) is 1.80. The Morgan fingerprint density at radius 3 is 2.37 bits per heavy atom. The van der Waals surface area contributed by atoms with E-state index in [9.17, 15) is 9.59 Å². The largest absolute Gasteiger partial charge is 0.459 e. The molecule has 0 spiro atoms. The minimum atomic E-state index is -0.624. The zero-order valence-electron chi connectivity index (χ0n) is 11.4. The number of rotatable bonds is 5. The molecule has 0 aliphatic heterocycles. The lowest BCUT2D eigenvalue weighted by molar-refractivity contribution is -0.164. The van der Waals surface area contributed by atoms with Crippen LogP contribution in [0.1, 0.15) is 38.0 Å². The van der Waals surface area contributed by atoms with Crippen molar-refractivity contribution in [2.24, 2.45) is 0 Å². The van der Waals surface area contributed by atoms with Gasteiger partial charge in [0.15, 0.2) is 6.10 Å². The zero-order chi connectivity index (χ0) is 14.4. The summed E-state index contributed by atoms with van der Waals surface area (Å²) in [7, 11) is 0. The van der Waals surface area contributed by atoms with Crippen molar-refractivity contribution < 1.29 is 19.1 Å². The van der Waals surface area contributed by atoms with Crippen LogP contribution in [-0.4, -0.2) is 18.0 Å². The van der Waals surface area contributed by atoms with Gasteiger partial charge in [0.05, 0.1) is 0 Å². The first-order valence-electron chi connectivity index (χ1n) is 6.01. The average molecular weight is 262 g/mol. The molecule has 0 aliphatic rings. The van der Waals surface area contributed by atoms with E-state index in [1.165, 1.54) is 13.8 Å². The van der Waals surface area contributed by atoms with Crippen LogP contribution in [0.25, 0.3) is 6.08 Å². The fraction of sp³-hybridized carbons (Fsp3) is 0.333. The van der Waals surface area contributed by atoms with Crippen molar-refractivity contribution in [3.05, 3.63) is 42.0 Å². The molecule has 0 fully saturated rings. The zero-order valence-corrected chi connectivity index (χ0v) is 11.4. The molecule has 4 heteroatoms. The molecular weight excluding hydrogens is 244 g/mol. The van der Waals surface area contributed by atoms with Crippen LogP contribution in [-0.2, 0) is 19.1 Å². The van der Waals surface area contributed by atoms with Crippen molar-refractivity contribution >= 4 is 18.0 Å². The Labute approximate surface area is 113 Å². The molecule has 0 bridgehead atoms. The van der Waals surface area contributed by atoms with Crippen molar-refractivity contribution in [2.45, 2.75) is 33.0 Å². The van der Waals surface area contributed by atoms with Gasteiger partial charge in [-0.3, -0.25) is 9.59 Å². The van der Waals surface area contributed by atoms with E-state index in [-0.39, 0.29) is 0 Å². The van der Waals surface area contributed by atoms with Gasteiger partial charge in [-0.05, 0) is 24.1 Å². The maximum Gasteiger partial charge on any atom is 0.303 e. The molecule has 0 saturated heterocycles. The predicted molar refractivity (Wildman–Crippen MR) is 72.3 cm³/mol. The van der Waals surface area contributed by atoms with Crippen molar-refractivity contribution in [3.8, 4) is 0 Å². The number of carbonyl (C=O) groups is 2. The lowest BCUT2D eigenvalue weighted by atomic mass is 10.0. The number of esters is 2. The van der Waals surface area contributed by atoms with Gasteiger partial charge < -0.3 is 9.47 Å². The molecule has 0 aromatic heterocycles. The third-order valence-electron chi connectivity index (χ3n) is 2.55. The minimum Gasteiger partial charge on any atom is -0.459 e. The van der Waals surface area contributed by atoms with Crippen LogP contribution < -0.4 is 0 Å². The Hall–Kier alpha value is -2.10. The van der Waals surface area contributed by atoms with E-state index in [1.54, 1.807) is 13.0 Å². The second-order valence-corrected chi connectivity index (χ2v) is 4.22. The Bertz CT molecular complexity index is 479. The van der Waals surface area contributed by atoms with Crippen LogP contribution in [0.4, 0.5) is 0 Å². The summed E-state index contributed by atoms with van der Waals surface area (Å²) in [6.45, 7) is 8.03. The second kappa shape index (κ2) is 6.73. The summed E-state index contributed by atoms with van der Waals surface area (Å²) < 4.78 is 10.3. The predicted octanol–water partition coefficient (Wildman–Crippen LogP) is 2.89. The first-order chi connectivity index (χ1) is 8.93. The molecule has 4 nitrogen and oxygen atoms in total. The summed E-state index contributed by atoms with van der Waals surface area (Å²) in [6, 6.07) is 7.39. The van der Waals surface area contributed by atoms with Crippen LogP contribution in [0.15, 0.2) is 30.8 Å². The number of hydrogen-bond donors (Lipinski definition) is 0. The Morgan fingerprint density at radius 1 is 1.21 bits per heavy atom. The molecule has 102 valence electrons. The van der Waals surface area contributed by atoms with Gasteiger partial charge in [-0.1, -0.05) is 30.9 Å². The summed E-state index contributed by atoms with van der Waals surface area (Å²) in [6.07, 6.45) is 0.521. The molecule has 0 N–H and O–H groups in total. The molecule has 0 radical (unpaired) electrons. The first kappa shape index (κ1) is 15.0. The highest BCUT2D eigenvalue weighted by Gasteiger charge is 2.24. The van der Waals surface area contributed by atoms with Crippen LogP contribution in [0.5, 0.6) is 0 Å². The van der Waals surface area contributed by atoms with Gasteiger partial charge in [0.25, 0.3) is 0 Å². The summed E-state index contributed by atoms with van der Waals surface area (Å²) >= 11 is 0. The number of hydrogen-bond acceptors (Lipinski definition) is 4. The van der Waals surface area contributed by atoms with E-state index in [0.29, 0.717) is 0 Å². The molecular formula is C15H18O4. The molecule has 0 aliphatic carbocycles. The molecule has 0 heterocycles. The van der Waals surface area contributed by atoms with E-state index in [1.807, 2.05) is 24.3 Å². The van der Waals surface area contributed by atoms with Crippen molar-refractivity contribution in [2.75, 3.05) is 0 Å². The van der Waals surface area contributed by atoms with E-state index < -0.39 is 24.1 Å². The third kappa shape index (κ3) is 4.58. The normalized spacial score (nSPS) is 13.2. The van der Waals surface area contributed by atoms with Crippen LogP contribution >= 0.6 is 0 Å². The Kier molecular flexibility index (Phi) is 5.30. The topological polar surface area (TPSA) is 52.6 Å². The van der Waals surface area contributed by atoms with Gasteiger partial charge in [-0.25, -0.2) is 0 Å². The molecule has 1 aromatic rings. The van der Waals surface area contributed by atoms with Crippen molar-refractivity contribution in [1.82, 2.24) is 0 Å². The van der Waals surface area contributed by atoms with Crippen molar-refractivity contribution in [1.29, 1.82) is 0 Å². The van der Waals surface area contributed by atoms with Crippen LogP contribution in [0.3, 0.4) is 0 Å².